The molecule has 0 bridgehead atoms. The molecular formula is C15H24O9. The molecule has 1 aliphatic carbocycles. The maximum Gasteiger partial charge on any atom is 0.303 e. The third kappa shape index (κ3) is 4.65. The number of methoxy groups -OCH3 is 3. The minimum Gasteiger partial charge on any atom is -0.456 e. The predicted octanol–water partition coefficient (Wildman–Crippen LogP) is -0.160. The Labute approximate surface area is 140 Å². The first-order valence-electron chi connectivity index (χ1n) is 7.36. The van der Waals surface area contributed by atoms with Gasteiger partial charge >= 0.3 is 17.9 Å². The summed E-state index contributed by atoms with van der Waals surface area (Å²) in [6.45, 7) is 3.62. The second-order valence-electron chi connectivity index (χ2n) is 5.32. The first kappa shape index (κ1) is 20.3. The number of hydrogen-bond acceptors (Lipinski definition) is 9. The molecule has 1 fully saturated rings. The summed E-state index contributed by atoms with van der Waals surface area (Å²) in [6, 6.07) is 0. The van der Waals surface area contributed by atoms with E-state index in [1.807, 2.05) is 0 Å². The van der Waals surface area contributed by atoms with Gasteiger partial charge in [0, 0.05) is 42.1 Å². The van der Waals surface area contributed by atoms with E-state index in [0.29, 0.717) is 0 Å². The number of carbonyl (C=O) groups excluding carboxylic acids is 3. The highest BCUT2D eigenvalue weighted by Crippen LogP contribution is 2.33. The monoisotopic (exact) mass is 348 g/mol. The minimum absolute atomic E-state index is 0.605. The fraction of sp³-hybridized carbons (Fsp3) is 0.800. The van der Waals surface area contributed by atoms with E-state index < -0.39 is 54.5 Å². The first-order chi connectivity index (χ1) is 11.3. The lowest BCUT2D eigenvalue weighted by molar-refractivity contribution is -0.258. The van der Waals surface area contributed by atoms with E-state index in [0.717, 1.165) is 0 Å². The Morgan fingerprint density at radius 3 is 0.917 bits per heavy atom. The van der Waals surface area contributed by atoms with E-state index in [-0.39, 0.29) is 0 Å². The Morgan fingerprint density at radius 2 is 0.708 bits per heavy atom. The van der Waals surface area contributed by atoms with Crippen molar-refractivity contribution in [3.05, 3.63) is 0 Å². The quantitative estimate of drug-likeness (QED) is 0.478. The molecule has 1 rings (SSSR count). The SMILES string of the molecule is COC1[C@@H](OC)[C@@H](OC(C)=O)C(OC(C)=O)[C@H](OC(C)=O)[C@H]1OC. The molecule has 0 saturated heterocycles. The van der Waals surface area contributed by atoms with Gasteiger partial charge < -0.3 is 28.4 Å². The molecule has 0 amide bonds. The van der Waals surface area contributed by atoms with Gasteiger partial charge in [-0.25, -0.2) is 0 Å². The molecule has 1 saturated carbocycles. The van der Waals surface area contributed by atoms with Crippen molar-refractivity contribution < 1.29 is 42.8 Å². The van der Waals surface area contributed by atoms with Crippen molar-refractivity contribution in [3.8, 4) is 0 Å². The van der Waals surface area contributed by atoms with Gasteiger partial charge in [0.25, 0.3) is 0 Å². The van der Waals surface area contributed by atoms with Crippen molar-refractivity contribution >= 4 is 17.9 Å². The fourth-order valence-electron chi connectivity index (χ4n) is 2.90. The zero-order valence-electron chi connectivity index (χ0n) is 14.6. The molecule has 0 aromatic heterocycles. The molecular weight excluding hydrogens is 324 g/mol. The molecule has 1 aliphatic rings. The summed E-state index contributed by atoms with van der Waals surface area (Å²) in [6.07, 6.45) is -5.47. The maximum atomic E-state index is 11.5. The Bertz CT molecular complexity index is 432. The Kier molecular flexibility index (Phi) is 7.59. The van der Waals surface area contributed by atoms with Crippen molar-refractivity contribution in [1.29, 1.82) is 0 Å². The normalized spacial score (nSPS) is 32.8. The molecule has 6 atom stereocenters. The van der Waals surface area contributed by atoms with Crippen molar-refractivity contribution in [1.82, 2.24) is 0 Å². The van der Waals surface area contributed by atoms with Gasteiger partial charge in [0.15, 0.2) is 18.3 Å². The van der Waals surface area contributed by atoms with Crippen LogP contribution in [-0.4, -0.2) is 75.9 Å². The second-order valence-corrected chi connectivity index (χ2v) is 5.32. The Balaban J connectivity index is 3.34. The topological polar surface area (TPSA) is 107 Å². The smallest absolute Gasteiger partial charge is 0.303 e. The van der Waals surface area contributed by atoms with Crippen LogP contribution in [0.3, 0.4) is 0 Å². The molecule has 0 aromatic carbocycles. The van der Waals surface area contributed by atoms with Crippen molar-refractivity contribution in [2.75, 3.05) is 21.3 Å². The van der Waals surface area contributed by atoms with E-state index >= 15 is 0 Å². The van der Waals surface area contributed by atoms with Gasteiger partial charge in [-0.05, 0) is 0 Å². The van der Waals surface area contributed by atoms with Crippen LogP contribution in [0.15, 0.2) is 0 Å². The van der Waals surface area contributed by atoms with Crippen molar-refractivity contribution in [2.45, 2.75) is 57.4 Å². The molecule has 0 N–H and O–H groups in total. The molecule has 138 valence electrons. The van der Waals surface area contributed by atoms with Gasteiger partial charge in [0.1, 0.15) is 18.3 Å². The van der Waals surface area contributed by atoms with Crippen molar-refractivity contribution in [2.24, 2.45) is 0 Å². The molecule has 0 aromatic rings. The third-order valence-electron chi connectivity index (χ3n) is 3.67. The maximum absolute atomic E-state index is 11.5. The second kappa shape index (κ2) is 8.95. The van der Waals surface area contributed by atoms with Gasteiger partial charge in [0.05, 0.1) is 0 Å². The van der Waals surface area contributed by atoms with Crippen LogP contribution in [0.25, 0.3) is 0 Å². The van der Waals surface area contributed by atoms with E-state index in [4.69, 9.17) is 28.4 Å². The average Bonchev–Trinajstić information content (AvgIpc) is 2.48. The lowest BCUT2D eigenvalue weighted by Gasteiger charge is -2.47. The third-order valence-corrected chi connectivity index (χ3v) is 3.67. The highest BCUT2D eigenvalue weighted by atomic mass is 16.6. The molecule has 9 nitrogen and oxygen atoms in total. The van der Waals surface area contributed by atoms with Crippen LogP contribution in [0, 0.1) is 0 Å². The largest absolute Gasteiger partial charge is 0.456 e. The minimum atomic E-state index is -1.10. The van der Waals surface area contributed by atoms with Crippen LogP contribution in [0.2, 0.25) is 0 Å². The van der Waals surface area contributed by atoms with Gasteiger partial charge in [-0.2, -0.15) is 0 Å². The molecule has 0 spiro atoms. The highest BCUT2D eigenvalue weighted by molar-refractivity contribution is 5.68. The summed E-state index contributed by atoms with van der Waals surface area (Å²) < 4.78 is 32.0. The lowest BCUT2D eigenvalue weighted by Crippen LogP contribution is -2.67. The zero-order valence-corrected chi connectivity index (χ0v) is 14.6. The first-order valence-corrected chi connectivity index (χ1v) is 7.36. The van der Waals surface area contributed by atoms with Gasteiger partial charge in [-0.15, -0.1) is 0 Å². The number of hydrogen-bond donors (Lipinski definition) is 0. The summed E-state index contributed by atoms with van der Waals surface area (Å²) in [4.78, 5) is 34.5. The molecule has 0 aliphatic heterocycles. The van der Waals surface area contributed by atoms with Crippen LogP contribution >= 0.6 is 0 Å². The van der Waals surface area contributed by atoms with E-state index in [9.17, 15) is 14.4 Å². The predicted molar refractivity (Wildman–Crippen MR) is 79.1 cm³/mol. The standard InChI is InChI=1S/C15H24O9/c1-7(16)22-13-11(20-5)10(19-4)12(21-6)14(23-8(2)17)15(13)24-9(3)18/h10-15H,1-6H3/t10?,11-,12+,13-,14-,15?/m1/s1. The summed E-state index contributed by atoms with van der Waals surface area (Å²) in [5.74, 6) is -1.84. The number of ether oxygens (including phenoxy) is 6. The van der Waals surface area contributed by atoms with Crippen LogP contribution in [0.1, 0.15) is 20.8 Å². The highest BCUT2D eigenvalue weighted by Gasteiger charge is 2.57. The fourth-order valence-corrected chi connectivity index (χ4v) is 2.90. The molecule has 0 radical (unpaired) electrons. The Morgan fingerprint density at radius 1 is 0.500 bits per heavy atom. The summed E-state index contributed by atoms with van der Waals surface area (Å²) in [5, 5.41) is 0. The summed E-state index contributed by atoms with van der Waals surface area (Å²) in [5.41, 5.74) is 0. The average molecular weight is 348 g/mol. The van der Waals surface area contributed by atoms with Crippen molar-refractivity contribution in [3.63, 3.8) is 0 Å². The Hall–Kier alpha value is -1.71. The summed E-state index contributed by atoms with van der Waals surface area (Å²) >= 11 is 0. The van der Waals surface area contributed by atoms with E-state index in [1.165, 1.54) is 42.1 Å². The number of esters is 3. The molecule has 24 heavy (non-hydrogen) atoms. The molecule has 2 unspecified atom stereocenters. The van der Waals surface area contributed by atoms with Crippen LogP contribution in [0.5, 0.6) is 0 Å². The van der Waals surface area contributed by atoms with E-state index in [1.54, 1.807) is 0 Å². The lowest BCUT2D eigenvalue weighted by atomic mass is 9.83. The zero-order chi connectivity index (χ0) is 18.4. The number of carbonyl (C=O) groups is 3. The van der Waals surface area contributed by atoms with Crippen LogP contribution < -0.4 is 0 Å². The number of rotatable bonds is 6. The van der Waals surface area contributed by atoms with E-state index in [2.05, 4.69) is 0 Å². The molecule has 9 heteroatoms. The summed E-state index contributed by atoms with van der Waals surface area (Å²) in [7, 11) is 4.22. The molecule has 0 heterocycles. The van der Waals surface area contributed by atoms with Crippen LogP contribution in [-0.2, 0) is 42.8 Å². The van der Waals surface area contributed by atoms with Gasteiger partial charge in [-0.1, -0.05) is 0 Å². The van der Waals surface area contributed by atoms with Gasteiger partial charge in [-0.3, -0.25) is 14.4 Å². The van der Waals surface area contributed by atoms with Crippen LogP contribution in [0.4, 0.5) is 0 Å². The van der Waals surface area contributed by atoms with Gasteiger partial charge in [0.2, 0.25) is 0 Å².